The molecule has 3 heteroatoms. The minimum Gasteiger partial charge on any atom is -0.365 e. The fraction of sp³-hybridized carbons (Fsp3) is 0.444. The SMILES string of the molecule is Cc1cccnc1NC1CNC1. The molecule has 0 saturated carbocycles. The average molecular weight is 163 g/mol. The molecule has 1 aromatic rings. The maximum atomic E-state index is 4.26. The summed E-state index contributed by atoms with van der Waals surface area (Å²) in [5.41, 5.74) is 1.21. The van der Waals surface area contributed by atoms with Gasteiger partial charge in [-0.1, -0.05) is 6.07 Å². The van der Waals surface area contributed by atoms with Crippen molar-refractivity contribution in [3.8, 4) is 0 Å². The molecule has 1 fully saturated rings. The molecule has 1 saturated heterocycles. The van der Waals surface area contributed by atoms with Gasteiger partial charge in [-0.05, 0) is 18.6 Å². The Balaban J connectivity index is 2.06. The Hall–Kier alpha value is -1.09. The number of nitrogens with zero attached hydrogens (tertiary/aromatic N) is 1. The predicted molar refractivity (Wildman–Crippen MR) is 49.3 cm³/mol. The minimum atomic E-state index is 0.568. The van der Waals surface area contributed by atoms with Gasteiger partial charge in [0, 0.05) is 19.3 Å². The summed E-state index contributed by atoms with van der Waals surface area (Å²) >= 11 is 0. The van der Waals surface area contributed by atoms with Gasteiger partial charge in [0.1, 0.15) is 5.82 Å². The van der Waals surface area contributed by atoms with Crippen molar-refractivity contribution in [2.45, 2.75) is 13.0 Å². The van der Waals surface area contributed by atoms with Crippen molar-refractivity contribution in [1.82, 2.24) is 10.3 Å². The number of pyridine rings is 1. The van der Waals surface area contributed by atoms with Crippen molar-refractivity contribution >= 4 is 5.82 Å². The smallest absolute Gasteiger partial charge is 0.129 e. The van der Waals surface area contributed by atoms with Gasteiger partial charge in [0.25, 0.3) is 0 Å². The van der Waals surface area contributed by atoms with E-state index in [0.717, 1.165) is 18.9 Å². The number of anilines is 1. The van der Waals surface area contributed by atoms with E-state index in [0.29, 0.717) is 6.04 Å². The molecule has 0 spiro atoms. The zero-order valence-electron chi connectivity index (χ0n) is 7.17. The van der Waals surface area contributed by atoms with E-state index >= 15 is 0 Å². The third-order valence-electron chi connectivity index (χ3n) is 2.13. The summed E-state index contributed by atoms with van der Waals surface area (Å²) in [5, 5.41) is 6.58. The van der Waals surface area contributed by atoms with Crippen molar-refractivity contribution < 1.29 is 0 Å². The van der Waals surface area contributed by atoms with Crippen molar-refractivity contribution in [3.05, 3.63) is 23.9 Å². The van der Waals surface area contributed by atoms with Crippen LogP contribution in [0, 0.1) is 6.92 Å². The zero-order valence-corrected chi connectivity index (χ0v) is 7.17. The Labute approximate surface area is 72.2 Å². The first-order valence-electron chi connectivity index (χ1n) is 4.25. The maximum Gasteiger partial charge on any atom is 0.129 e. The van der Waals surface area contributed by atoms with Crippen LogP contribution in [0.15, 0.2) is 18.3 Å². The summed E-state index contributed by atoms with van der Waals surface area (Å²) < 4.78 is 0. The van der Waals surface area contributed by atoms with Crippen LogP contribution in [-0.2, 0) is 0 Å². The molecule has 0 bridgehead atoms. The molecule has 0 aliphatic carbocycles. The van der Waals surface area contributed by atoms with Crippen LogP contribution in [-0.4, -0.2) is 24.1 Å². The van der Waals surface area contributed by atoms with Crippen LogP contribution in [0.4, 0.5) is 5.82 Å². The predicted octanol–water partition coefficient (Wildman–Crippen LogP) is 0.774. The molecule has 0 amide bonds. The van der Waals surface area contributed by atoms with Crippen LogP contribution in [0.5, 0.6) is 0 Å². The van der Waals surface area contributed by atoms with Gasteiger partial charge in [-0.25, -0.2) is 4.98 Å². The summed E-state index contributed by atoms with van der Waals surface area (Å²) in [6, 6.07) is 4.60. The number of aryl methyl sites for hydroxylation is 1. The second kappa shape index (κ2) is 3.11. The highest BCUT2D eigenvalue weighted by molar-refractivity contribution is 5.44. The molecule has 0 aromatic carbocycles. The van der Waals surface area contributed by atoms with Gasteiger partial charge < -0.3 is 10.6 Å². The molecule has 3 nitrogen and oxygen atoms in total. The Kier molecular flexibility index (Phi) is 1.96. The van der Waals surface area contributed by atoms with Crippen molar-refractivity contribution in [3.63, 3.8) is 0 Å². The lowest BCUT2D eigenvalue weighted by Gasteiger charge is -2.28. The summed E-state index contributed by atoms with van der Waals surface area (Å²) in [4.78, 5) is 4.26. The second-order valence-corrected chi connectivity index (χ2v) is 3.17. The number of rotatable bonds is 2. The van der Waals surface area contributed by atoms with E-state index in [-0.39, 0.29) is 0 Å². The molecule has 2 heterocycles. The Morgan fingerprint density at radius 1 is 1.58 bits per heavy atom. The van der Waals surface area contributed by atoms with E-state index in [2.05, 4.69) is 28.6 Å². The zero-order chi connectivity index (χ0) is 8.39. The fourth-order valence-electron chi connectivity index (χ4n) is 1.22. The van der Waals surface area contributed by atoms with Gasteiger partial charge in [0.2, 0.25) is 0 Å². The molecular formula is C9H13N3. The Bertz CT molecular complexity index is 268. The summed E-state index contributed by atoms with van der Waals surface area (Å²) in [6.45, 7) is 4.17. The second-order valence-electron chi connectivity index (χ2n) is 3.17. The van der Waals surface area contributed by atoms with Gasteiger partial charge >= 0.3 is 0 Å². The Morgan fingerprint density at radius 2 is 2.42 bits per heavy atom. The molecule has 2 N–H and O–H groups in total. The van der Waals surface area contributed by atoms with Gasteiger partial charge in [-0.15, -0.1) is 0 Å². The lowest BCUT2D eigenvalue weighted by molar-refractivity contribution is 0.471. The lowest BCUT2D eigenvalue weighted by atomic mass is 10.1. The maximum absolute atomic E-state index is 4.26. The van der Waals surface area contributed by atoms with E-state index in [1.807, 2.05) is 12.3 Å². The Morgan fingerprint density at radius 3 is 3.00 bits per heavy atom. The van der Waals surface area contributed by atoms with E-state index < -0.39 is 0 Å². The quantitative estimate of drug-likeness (QED) is 0.676. The third kappa shape index (κ3) is 1.41. The minimum absolute atomic E-state index is 0.568. The van der Waals surface area contributed by atoms with Crippen molar-refractivity contribution in [1.29, 1.82) is 0 Å². The first kappa shape index (κ1) is 7.55. The lowest BCUT2D eigenvalue weighted by Crippen LogP contribution is -2.51. The highest BCUT2D eigenvalue weighted by atomic mass is 15.1. The van der Waals surface area contributed by atoms with Gasteiger partial charge in [-0.2, -0.15) is 0 Å². The van der Waals surface area contributed by atoms with Crippen molar-refractivity contribution in [2.24, 2.45) is 0 Å². The molecule has 64 valence electrons. The highest BCUT2D eigenvalue weighted by Crippen LogP contribution is 2.11. The van der Waals surface area contributed by atoms with E-state index in [1.54, 1.807) is 0 Å². The largest absolute Gasteiger partial charge is 0.365 e. The summed E-state index contributed by atoms with van der Waals surface area (Å²) in [6.07, 6.45) is 1.82. The molecule has 1 aromatic heterocycles. The molecule has 1 aliphatic rings. The molecule has 1 aliphatic heterocycles. The van der Waals surface area contributed by atoms with Gasteiger partial charge in [0.05, 0.1) is 6.04 Å². The van der Waals surface area contributed by atoms with Crippen LogP contribution in [0.1, 0.15) is 5.56 Å². The molecule has 0 unspecified atom stereocenters. The van der Waals surface area contributed by atoms with Crippen LogP contribution < -0.4 is 10.6 Å². The van der Waals surface area contributed by atoms with E-state index in [9.17, 15) is 0 Å². The topological polar surface area (TPSA) is 37.0 Å². The standard InChI is InChI=1S/C9H13N3/c1-7-3-2-4-11-9(7)12-8-5-10-6-8/h2-4,8,10H,5-6H2,1H3,(H,11,12). The van der Waals surface area contributed by atoms with Crippen LogP contribution in [0.2, 0.25) is 0 Å². The number of nitrogens with one attached hydrogen (secondary N) is 2. The summed E-state index contributed by atoms with van der Waals surface area (Å²) in [7, 11) is 0. The highest BCUT2D eigenvalue weighted by Gasteiger charge is 2.16. The molecule has 0 atom stereocenters. The number of hydrogen-bond donors (Lipinski definition) is 2. The van der Waals surface area contributed by atoms with E-state index in [4.69, 9.17) is 0 Å². The van der Waals surface area contributed by atoms with Crippen molar-refractivity contribution in [2.75, 3.05) is 18.4 Å². The van der Waals surface area contributed by atoms with Crippen LogP contribution >= 0.6 is 0 Å². The molecule has 12 heavy (non-hydrogen) atoms. The van der Waals surface area contributed by atoms with E-state index in [1.165, 1.54) is 5.56 Å². The summed E-state index contributed by atoms with van der Waals surface area (Å²) in [5.74, 6) is 1.02. The molecule has 0 radical (unpaired) electrons. The first-order chi connectivity index (χ1) is 5.86. The first-order valence-corrected chi connectivity index (χ1v) is 4.25. The number of hydrogen-bond acceptors (Lipinski definition) is 3. The monoisotopic (exact) mass is 163 g/mol. The number of aromatic nitrogens is 1. The normalized spacial score (nSPS) is 17.1. The van der Waals surface area contributed by atoms with Gasteiger partial charge in [-0.3, -0.25) is 0 Å². The third-order valence-corrected chi connectivity index (χ3v) is 2.13. The molecule has 2 rings (SSSR count). The fourth-order valence-corrected chi connectivity index (χ4v) is 1.22. The van der Waals surface area contributed by atoms with Crippen LogP contribution in [0.25, 0.3) is 0 Å². The average Bonchev–Trinajstić information content (AvgIpc) is 2.00. The molecular weight excluding hydrogens is 150 g/mol. The van der Waals surface area contributed by atoms with Gasteiger partial charge in [0.15, 0.2) is 0 Å². The van der Waals surface area contributed by atoms with Crippen LogP contribution in [0.3, 0.4) is 0 Å².